The standard InChI is InChI=1S/C20H23N5O.2ClH/c1-25(19-10-17(23-12-24-19)14-8-15(21)9-14)11-13-5-6-18(26-2)20-16(13)4-3-7-22-20;;/h3-7,10,12,14-15H,8-9,11,21H2,1-2H3;2*1H. The van der Waals surface area contributed by atoms with E-state index >= 15 is 0 Å². The lowest BCUT2D eigenvalue weighted by Gasteiger charge is -2.32. The van der Waals surface area contributed by atoms with Crippen molar-refractivity contribution in [1.82, 2.24) is 15.0 Å². The zero-order valence-electron chi connectivity index (χ0n) is 15.9. The number of halogens is 2. The zero-order chi connectivity index (χ0) is 18.1. The Morgan fingerprint density at radius 2 is 1.93 bits per heavy atom. The Kier molecular flexibility index (Phi) is 7.41. The molecule has 1 aliphatic carbocycles. The van der Waals surface area contributed by atoms with Gasteiger partial charge in [0.1, 0.15) is 23.4 Å². The number of nitrogens with zero attached hydrogens (tertiary/aromatic N) is 4. The van der Waals surface area contributed by atoms with E-state index in [0.29, 0.717) is 12.0 Å². The fourth-order valence-electron chi connectivity index (χ4n) is 3.54. The van der Waals surface area contributed by atoms with Crippen LogP contribution >= 0.6 is 24.8 Å². The molecule has 0 bridgehead atoms. The Morgan fingerprint density at radius 3 is 2.64 bits per heavy atom. The van der Waals surface area contributed by atoms with Gasteiger partial charge in [0.05, 0.1) is 7.11 Å². The van der Waals surface area contributed by atoms with Crippen LogP contribution in [-0.4, -0.2) is 35.2 Å². The molecule has 0 atom stereocenters. The van der Waals surface area contributed by atoms with Gasteiger partial charge in [-0.15, -0.1) is 24.8 Å². The van der Waals surface area contributed by atoms with E-state index < -0.39 is 0 Å². The fourth-order valence-corrected chi connectivity index (χ4v) is 3.54. The maximum absolute atomic E-state index is 5.91. The van der Waals surface area contributed by atoms with E-state index in [1.54, 1.807) is 19.6 Å². The number of hydrogen-bond acceptors (Lipinski definition) is 6. The summed E-state index contributed by atoms with van der Waals surface area (Å²) in [5.74, 6) is 2.17. The number of pyridine rings is 1. The largest absolute Gasteiger partial charge is 0.494 e. The van der Waals surface area contributed by atoms with E-state index in [0.717, 1.165) is 47.6 Å². The van der Waals surface area contributed by atoms with Crippen LogP contribution in [0.5, 0.6) is 5.75 Å². The number of benzene rings is 1. The molecule has 2 aromatic heterocycles. The van der Waals surface area contributed by atoms with Crippen molar-refractivity contribution in [2.24, 2.45) is 5.73 Å². The fraction of sp³-hybridized carbons (Fsp3) is 0.350. The summed E-state index contributed by atoms with van der Waals surface area (Å²) >= 11 is 0. The lowest BCUT2D eigenvalue weighted by atomic mass is 9.78. The number of rotatable bonds is 5. The van der Waals surface area contributed by atoms with Gasteiger partial charge in [0.15, 0.2) is 0 Å². The number of anilines is 1. The number of nitrogens with two attached hydrogens (primary N) is 1. The summed E-state index contributed by atoms with van der Waals surface area (Å²) in [7, 11) is 3.72. The highest BCUT2D eigenvalue weighted by Crippen LogP contribution is 2.35. The van der Waals surface area contributed by atoms with E-state index in [2.05, 4.69) is 38.1 Å². The monoisotopic (exact) mass is 421 g/mol. The van der Waals surface area contributed by atoms with Crippen molar-refractivity contribution < 1.29 is 4.74 Å². The highest BCUT2D eigenvalue weighted by molar-refractivity contribution is 5.87. The summed E-state index contributed by atoms with van der Waals surface area (Å²) in [6, 6.07) is 10.5. The van der Waals surface area contributed by atoms with Crippen LogP contribution in [0, 0.1) is 0 Å². The molecular formula is C20H25Cl2N5O. The first-order valence-electron chi connectivity index (χ1n) is 8.85. The summed E-state index contributed by atoms with van der Waals surface area (Å²) in [4.78, 5) is 15.5. The number of aromatic nitrogens is 3. The Morgan fingerprint density at radius 1 is 1.14 bits per heavy atom. The molecule has 0 spiro atoms. The molecule has 0 saturated heterocycles. The molecule has 1 aliphatic rings. The molecule has 4 rings (SSSR count). The Balaban J connectivity index is 0.00000140. The van der Waals surface area contributed by atoms with Crippen molar-refractivity contribution in [2.75, 3.05) is 19.1 Å². The summed E-state index contributed by atoms with van der Waals surface area (Å²) < 4.78 is 5.43. The van der Waals surface area contributed by atoms with Gasteiger partial charge in [-0.25, -0.2) is 9.97 Å². The Labute approximate surface area is 177 Å². The van der Waals surface area contributed by atoms with Crippen LogP contribution in [0.2, 0.25) is 0 Å². The van der Waals surface area contributed by atoms with E-state index in [1.165, 1.54) is 5.56 Å². The third kappa shape index (κ3) is 4.29. The lowest BCUT2D eigenvalue weighted by molar-refractivity contribution is 0.345. The van der Waals surface area contributed by atoms with E-state index in [1.807, 2.05) is 19.2 Å². The third-order valence-corrected chi connectivity index (χ3v) is 5.11. The molecular weight excluding hydrogens is 397 g/mol. The average molecular weight is 422 g/mol. The number of hydrogen-bond donors (Lipinski definition) is 1. The molecule has 0 amide bonds. The minimum Gasteiger partial charge on any atom is -0.494 e. The van der Waals surface area contributed by atoms with Crippen molar-refractivity contribution in [3.05, 3.63) is 54.1 Å². The first kappa shape index (κ1) is 22.1. The normalized spacial score (nSPS) is 17.8. The van der Waals surface area contributed by atoms with Crippen molar-refractivity contribution in [2.45, 2.75) is 31.3 Å². The predicted octanol–water partition coefficient (Wildman–Crippen LogP) is 3.72. The molecule has 28 heavy (non-hydrogen) atoms. The van der Waals surface area contributed by atoms with Crippen LogP contribution in [0.3, 0.4) is 0 Å². The smallest absolute Gasteiger partial charge is 0.145 e. The molecule has 6 nitrogen and oxygen atoms in total. The van der Waals surface area contributed by atoms with Crippen LogP contribution in [0.15, 0.2) is 42.9 Å². The van der Waals surface area contributed by atoms with Gasteiger partial charge in [0.25, 0.3) is 0 Å². The molecule has 1 fully saturated rings. The second kappa shape index (κ2) is 9.37. The first-order chi connectivity index (χ1) is 12.7. The van der Waals surface area contributed by atoms with Crippen molar-refractivity contribution in [3.63, 3.8) is 0 Å². The highest BCUT2D eigenvalue weighted by atomic mass is 35.5. The minimum absolute atomic E-state index is 0. The van der Waals surface area contributed by atoms with E-state index in [4.69, 9.17) is 10.5 Å². The second-order valence-corrected chi connectivity index (χ2v) is 6.91. The number of fused-ring (bicyclic) bond motifs is 1. The van der Waals surface area contributed by atoms with Crippen molar-refractivity contribution >= 4 is 41.5 Å². The molecule has 0 unspecified atom stereocenters. The predicted molar refractivity (Wildman–Crippen MR) is 117 cm³/mol. The molecule has 0 aliphatic heterocycles. The van der Waals surface area contributed by atoms with Gasteiger partial charge in [0.2, 0.25) is 0 Å². The van der Waals surface area contributed by atoms with Crippen LogP contribution in [0.1, 0.15) is 30.0 Å². The summed E-state index contributed by atoms with van der Waals surface area (Å²) in [6.45, 7) is 0.729. The van der Waals surface area contributed by atoms with Gasteiger partial charge in [-0.2, -0.15) is 0 Å². The summed E-state index contributed by atoms with van der Waals surface area (Å²) in [6.07, 6.45) is 5.46. The van der Waals surface area contributed by atoms with Crippen LogP contribution in [-0.2, 0) is 6.54 Å². The first-order valence-corrected chi connectivity index (χ1v) is 8.85. The van der Waals surface area contributed by atoms with Crippen LogP contribution in [0.4, 0.5) is 5.82 Å². The Bertz CT molecular complexity index is 933. The molecule has 3 aromatic rings. The van der Waals surface area contributed by atoms with E-state index in [-0.39, 0.29) is 24.8 Å². The molecule has 8 heteroatoms. The summed E-state index contributed by atoms with van der Waals surface area (Å²) in [5.41, 5.74) is 9.07. The molecule has 2 N–H and O–H groups in total. The van der Waals surface area contributed by atoms with Gasteiger partial charge in [-0.1, -0.05) is 12.1 Å². The number of methoxy groups -OCH3 is 1. The van der Waals surface area contributed by atoms with Gasteiger partial charge in [-0.05, 0) is 30.5 Å². The quantitative estimate of drug-likeness (QED) is 0.676. The van der Waals surface area contributed by atoms with Gasteiger partial charge < -0.3 is 15.4 Å². The zero-order valence-corrected chi connectivity index (χ0v) is 17.5. The van der Waals surface area contributed by atoms with E-state index in [9.17, 15) is 0 Å². The molecule has 1 saturated carbocycles. The maximum atomic E-state index is 5.91. The van der Waals surface area contributed by atoms with Crippen LogP contribution < -0.4 is 15.4 Å². The highest BCUT2D eigenvalue weighted by Gasteiger charge is 2.28. The molecule has 0 radical (unpaired) electrons. The van der Waals surface area contributed by atoms with Crippen LogP contribution in [0.25, 0.3) is 10.9 Å². The lowest BCUT2D eigenvalue weighted by Crippen LogP contribution is -2.35. The summed E-state index contributed by atoms with van der Waals surface area (Å²) in [5, 5.41) is 1.10. The molecule has 150 valence electrons. The minimum atomic E-state index is 0. The second-order valence-electron chi connectivity index (χ2n) is 6.91. The van der Waals surface area contributed by atoms with Gasteiger partial charge in [-0.3, -0.25) is 4.98 Å². The van der Waals surface area contributed by atoms with Gasteiger partial charge in [0, 0.05) is 48.9 Å². The Hall–Kier alpha value is -2.15. The molecule has 1 aromatic carbocycles. The topological polar surface area (TPSA) is 77.2 Å². The van der Waals surface area contributed by atoms with Crippen molar-refractivity contribution in [1.29, 1.82) is 0 Å². The van der Waals surface area contributed by atoms with Gasteiger partial charge >= 0.3 is 0 Å². The average Bonchev–Trinajstić information content (AvgIpc) is 2.66. The molecule has 2 heterocycles. The SMILES string of the molecule is COc1ccc(CN(C)c2cc(C3CC(N)C3)ncn2)c2cccnc12.Cl.Cl. The number of ether oxygens (including phenoxy) is 1. The third-order valence-electron chi connectivity index (χ3n) is 5.11. The van der Waals surface area contributed by atoms with Crippen molar-refractivity contribution in [3.8, 4) is 5.75 Å². The maximum Gasteiger partial charge on any atom is 0.145 e.